The first-order valence-electron chi connectivity index (χ1n) is 11.4. The fraction of sp³-hybridized carbons (Fsp3) is 0.480. The van der Waals surface area contributed by atoms with Crippen molar-refractivity contribution in [3.63, 3.8) is 0 Å². The zero-order chi connectivity index (χ0) is 24.5. The van der Waals surface area contributed by atoms with E-state index in [4.69, 9.17) is 18.9 Å². The SMILES string of the molecule is COCCCN1C(=O)/C(=C\c2ccc(OCC(=O)NC[C@H]3CCCO3)cc2)C(C(=O)OC)=C1C. The van der Waals surface area contributed by atoms with E-state index in [0.717, 1.165) is 19.4 Å². The van der Waals surface area contributed by atoms with Crippen LogP contribution in [-0.4, -0.2) is 75.9 Å². The van der Waals surface area contributed by atoms with Gasteiger partial charge in [0.1, 0.15) is 5.75 Å². The zero-order valence-corrected chi connectivity index (χ0v) is 19.9. The average Bonchev–Trinajstić information content (AvgIpc) is 3.44. The molecule has 0 aromatic heterocycles. The van der Waals surface area contributed by atoms with Gasteiger partial charge in [0.2, 0.25) is 0 Å². The third-order valence-electron chi connectivity index (χ3n) is 5.74. The fourth-order valence-electron chi connectivity index (χ4n) is 3.92. The summed E-state index contributed by atoms with van der Waals surface area (Å²) >= 11 is 0. The van der Waals surface area contributed by atoms with Gasteiger partial charge in [0.15, 0.2) is 6.61 Å². The van der Waals surface area contributed by atoms with E-state index in [9.17, 15) is 14.4 Å². The molecule has 2 aliphatic rings. The quantitative estimate of drug-likeness (QED) is 0.299. The van der Waals surface area contributed by atoms with Crippen molar-refractivity contribution in [2.24, 2.45) is 0 Å². The summed E-state index contributed by atoms with van der Waals surface area (Å²) in [5.74, 6) is -0.499. The van der Waals surface area contributed by atoms with E-state index in [1.165, 1.54) is 7.11 Å². The molecule has 1 aromatic rings. The first-order valence-corrected chi connectivity index (χ1v) is 11.4. The van der Waals surface area contributed by atoms with E-state index in [2.05, 4.69) is 5.32 Å². The Kier molecular flexibility index (Phi) is 9.24. The molecule has 3 rings (SSSR count). The molecular formula is C25H32N2O7. The molecule has 0 saturated carbocycles. The Bertz CT molecular complexity index is 947. The van der Waals surface area contributed by atoms with E-state index in [0.29, 0.717) is 43.1 Å². The molecule has 0 radical (unpaired) electrons. The smallest absolute Gasteiger partial charge is 0.340 e. The molecule has 2 aliphatic heterocycles. The van der Waals surface area contributed by atoms with Crippen LogP contribution in [0.1, 0.15) is 31.7 Å². The number of carbonyl (C=O) groups is 3. The number of nitrogens with one attached hydrogen (secondary N) is 1. The minimum atomic E-state index is -0.555. The van der Waals surface area contributed by atoms with Gasteiger partial charge in [-0.1, -0.05) is 12.1 Å². The molecule has 1 aromatic carbocycles. The van der Waals surface area contributed by atoms with Crippen LogP contribution in [0.3, 0.4) is 0 Å². The highest BCUT2D eigenvalue weighted by atomic mass is 16.5. The number of nitrogens with zero attached hydrogens (tertiary/aromatic N) is 1. The molecule has 34 heavy (non-hydrogen) atoms. The van der Waals surface area contributed by atoms with Crippen molar-refractivity contribution in [2.75, 3.05) is 47.1 Å². The summed E-state index contributed by atoms with van der Waals surface area (Å²) in [6, 6.07) is 6.95. The molecule has 0 spiro atoms. The summed E-state index contributed by atoms with van der Waals surface area (Å²) in [5.41, 5.74) is 1.82. The van der Waals surface area contributed by atoms with Crippen LogP contribution < -0.4 is 10.1 Å². The largest absolute Gasteiger partial charge is 0.484 e. The summed E-state index contributed by atoms with van der Waals surface area (Å²) in [5, 5.41) is 2.81. The second-order valence-corrected chi connectivity index (χ2v) is 8.11. The molecule has 9 nitrogen and oxygen atoms in total. The first-order chi connectivity index (χ1) is 16.4. The Morgan fingerprint density at radius 1 is 1.24 bits per heavy atom. The lowest BCUT2D eigenvalue weighted by atomic mass is 10.0. The Morgan fingerprint density at radius 3 is 2.65 bits per heavy atom. The van der Waals surface area contributed by atoms with Crippen LogP contribution in [0.2, 0.25) is 0 Å². The maximum atomic E-state index is 13.0. The number of benzene rings is 1. The number of hydrogen-bond donors (Lipinski definition) is 1. The van der Waals surface area contributed by atoms with Crippen molar-refractivity contribution < 1.29 is 33.3 Å². The summed E-state index contributed by atoms with van der Waals surface area (Å²) in [4.78, 5) is 39.0. The van der Waals surface area contributed by atoms with Gasteiger partial charge in [-0.25, -0.2) is 4.79 Å². The summed E-state index contributed by atoms with van der Waals surface area (Å²) < 4.78 is 21.0. The fourth-order valence-corrected chi connectivity index (χ4v) is 3.92. The van der Waals surface area contributed by atoms with Crippen LogP contribution in [0.25, 0.3) is 6.08 Å². The lowest BCUT2D eigenvalue weighted by Gasteiger charge is -2.17. The third kappa shape index (κ3) is 6.45. The van der Waals surface area contributed by atoms with Crippen LogP contribution in [0.15, 0.2) is 41.1 Å². The normalized spacial score (nSPS) is 19.1. The Morgan fingerprint density at radius 2 is 2.00 bits per heavy atom. The number of carbonyl (C=O) groups excluding carboxylic acids is 3. The Balaban J connectivity index is 1.63. The second-order valence-electron chi connectivity index (χ2n) is 8.11. The maximum absolute atomic E-state index is 13.0. The molecule has 1 saturated heterocycles. The van der Waals surface area contributed by atoms with Crippen LogP contribution >= 0.6 is 0 Å². The Labute approximate surface area is 199 Å². The van der Waals surface area contributed by atoms with Gasteiger partial charge in [0.05, 0.1) is 24.4 Å². The van der Waals surface area contributed by atoms with Crippen molar-refractivity contribution in [1.29, 1.82) is 0 Å². The lowest BCUT2D eigenvalue weighted by Crippen LogP contribution is -2.35. The predicted octanol–water partition coefficient (Wildman–Crippen LogP) is 2.07. The van der Waals surface area contributed by atoms with Gasteiger partial charge in [0.25, 0.3) is 11.8 Å². The molecule has 1 N–H and O–H groups in total. The summed E-state index contributed by atoms with van der Waals surface area (Å²) in [7, 11) is 2.90. The van der Waals surface area contributed by atoms with Gasteiger partial charge in [-0.15, -0.1) is 0 Å². The minimum absolute atomic E-state index is 0.0815. The van der Waals surface area contributed by atoms with E-state index < -0.39 is 5.97 Å². The number of amides is 2. The van der Waals surface area contributed by atoms with Crippen molar-refractivity contribution in [2.45, 2.75) is 32.3 Å². The zero-order valence-electron chi connectivity index (χ0n) is 19.9. The van der Waals surface area contributed by atoms with E-state index >= 15 is 0 Å². The molecule has 0 aliphatic carbocycles. The van der Waals surface area contributed by atoms with Gasteiger partial charge in [0, 0.05) is 39.1 Å². The molecule has 0 bridgehead atoms. The molecule has 0 unspecified atom stereocenters. The number of esters is 1. The second kappa shape index (κ2) is 12.3. The van der Waals surface area contributed by atoms with Crippen LogP contribution in [0, 0.1) is 0 Å². The topological polar surface area (TPSA) is 103 Å². The molecule has 2 amide bonds. The maximum Gasteiger partial charge on any atom is 0.340 e. The first kappa shape index (κ1) is 25.5. The summed E-state index contributed by atoms with van der Waals surface area (Å²) in [6.45, 7) is 3.82. The van der Waals surface area contributed by atoms with E-state index in [-0.39, 0.29) is 35.7 Å². The number of allylic oxidation sites excluding steroid dienone is 1. The molecule has 9 heteroatoms. The average molecular weight is 473 g/mol. The van der Waals surface area contributed by atoms with Crippen LogP contribution in [0.5, 0.6) is 5.75 Å². The standard InChI is InChI=1S/C25H32N2O7/c1-17-23(25(30)32-3)21(24(29)27(17)11-5-12-31-2)14-18-7-9-19(10-8-18)34-16-22(28)26-15-20-6-4-13-33-20/h7-10,14,20H,4-6,11-13,15-16H2,1-3H3,(H,26,28)/b21-14-/t20-/m1/s1. The lowest BCUT2D eigenvalue weighted by molar-refractivity contribution is -0.136. The highest BCUT2D eigenvalue weighted by molar-refractivity contribution is 6.16. The third-order valence-corrected chi connectivity index (χ3v) is 5.74. The predicted molar refractivity (Wildman–Crippen MR) is 125 cm³/mol. The molecule has 1 atom stereocenters. The van der Waals surface area contributed by atoms with Gasteiger partial charge in [-0.05, 0) is 50.0 Å². The van der Waals surface area contributed by atoms with Crippen molar-refractivity contribution in [1.82, 2.24) is 10.2 Å². The molecule has 1 fully saturated rings. The summed E-state index contributed by atoms with van der Waals surface area (Å²) in [6.07, 6.45) is 4.37. The van der Waals surface area contributed by atoms with Gasteiger partial charge < -0.3 is 29.2 Å². The Hall–Kier alpha value is -3.17. The van der Waals surface area contributed by atoms with Crippen molar-refractivity contribution >= 4 is 23.9 Å². The minimum Gasteiger partial charge on any atom is -0.484 e. The van der Waals surface area contributed by atoms with Crippen LogP contribution in [0.4, 0.5) is 0 Å². The highest BCUT2D eigenvalue weighted by Gasteiger charge is 2.36. The molecular weight excluding hydrogens is 440 g/mol. The molecule has 184 valence electrons. The molecule has 2 heterocycles. The van der Waals surface area contributed by atoms with E-state index in [1.54, 1.807) is 49.3 Å². The number of methoxy groups -OCH3 is 2. The highest BCUT2D eigenvalue weighted by Crippen LogP contribution is 2.32. The van der Waals surface area contributed by atoms with Gasteiger partial charge in [-0.2, -0.15) is 0 Å². The number of hydrogen-bond acceptors (Lipinski definition) is 7. The van der Waals surface area contributed by atoms with Crippen molar-refractivity contribution in [3.8, 4) is 5.75 Å². The van der Waals surface area contributed by atoms with Crippen molar-refractivity contribution in [3.05, 3.63) is 46.7 Å². The number of ether oxygens (including phenoxy) is 4. The van der Waals surface area contributed by atoms with Crippen LogP contribution in [-0.2, 0) is 28.6 Å². The van der Waals surface area contributed by atoms with Gasteiger partial charge >= 0.3 is 5.97 Å². The van der Waals surface area contributed by atoms with E-state index in [1.807, 2.05) is 0 Å². The number of rotatable bonds is 11. The monoisotopic (exact) mass is 472 g/mol. The van der Waals surface area contributed by atoms with Gasteiger partial charge in [-0.3, -0.25) is 9.59 Å².